The molecule has 2 saturated carbocycles. The highest BCUT2D eigenvalue weighted by Gasteiger charge is 2.33. The van der Waals surface area contributed by atoms with E-state index in [-0.39, 0.29) is 12.0 Å². The van der Waals surface area contributed by atoms with Crippen molar-refractivity contribution < 1.29 is 9.63 Å². The number of aromatic nitrogens is 5. The zero-order chi connectivity index (χ0) is 22.4. The van der Waals surface area contributed by atoms with E-state index < -0.39 is 0 Å². The van der Waals surface area contributed by atoms with E-state index in [1.165, 1.54) is 17.6 Å². The summed E-state index contributed by atoms with van der Waals surface area (Å²) in [4.78, 5) is 32.8. The van der Waals surface area contributed by atoms with E-state index in [4.69, 9.17) is 14.8 Å². The van der Waals surface area contributed by atoms with Crippen LogP contribution in [0.15, 0.2) is 42.7 Å². The summed E-state index contributed by atoms with van der Waals surface area (Å²) in [5, 5.41) is 10.3. The Hall–Kier alpha value is -3.33. The molecule has 2 aliphatic carbocycles. The lowest BCUT2D eigenvalue weighted by Crippen LogP contribution is -2.37. The van der Waals surface area contributed by atoms with Gasteiger partial charge in [-0.25, -0.2) is 15.0 Å². The van der Waals surface area contributed by atoms with Crippen LogP contribution in [0.5, 0.6) is 0 Å². The van der Waals surface area contributed by atoms with Crippen LogP contribution in [-0.2, 0) is 4.84 Å². The van der Waals surface area contributed by atoms with E-state index in [0.717, 1.165) is 30.2 Å². The molecule has 1 atom stereocenters. The van der Waals surface area contributed by atoms with Crippen LogP contribution in [-0.4, -0.2) is 61.5 Å². The van der Waals surface area contributed by atoms with Crippen molar-refractivity contribution in [2.24, 2.45) is 0 Å². The number of hydrogen-bond donors (Lipinski definition) is 0. The number of nitrogens with zero attached hydrogens (tertiary/aromatic N) is 7. The number of hydroxylamine groups is 1. The van der Waals surface area contributed by atoms with Crippen molar-refractivity contribution in [3.8, 4) is 5.69 Å². The van der Waals surface area contributed by atoms with Gasteiger partial charge in [0.25, 0.3) is 5.91 Å². The molecule has 170 valence electrons. The van der Waals surface area contributed by atoms with Gasteiger partial charge in [-0.05, 0) is 44.7 Å². The van der Waals surface area contributed by atoms with Crippen LogP contribution in [0.3, 0.4) is 0 Å². The molecule has 1 aromatic carbocycles. The molecule has 1 saturated heterocycles. The second-order valence-corrected chi connectivity index (χ2v) is 9.16. The molecule has 1 amide bonds. The van der Waals surface area contributed by atoms with Crippen molar-refractivity contribution in [3.05, 3.63) is 59.8 Å². The Labute approximate surface area is 192 Å². The molecule has 9 heteroatoms. The summed E-state index contributed by atoms with van der Waals surface area (Å²) in [6.45, 7) is 3.56. The zero-order valence-corrected chi connectivity index (χ0v) is 18.7. The average molecular weight is 446 g/mol. The minimum Gasteiger partial charge on any atom is -0.334 e. The summed E-state index contributed by atoms with van der Waals surface area (Å²) in [5.74, 6) is 2.75. The van der Waals surface area contributed by atoms with Crippen LogP contribution >= 0.6 is 0 Å². The highest BCUT2D eigenvalue weighted by Crippen LogP contribution is 2.43. The number of rotatable bonds is 5. The largest absolute Gasteiger partial charge is 0.334 e. The summed E-state index contributed by atoms with van der Waals surface area (Å²) in [6, 6.07) is 9.51. The van der Waals surface area contributed by atoms with Crippen molar-refractivity contribution in [3.63, 3.8) is 0 Å². The third-order valence-electron chi connectivity index (χ3n) is 6.36. The second kappa shape index (κ2) is 8.22. The third-order valence-corrected chi connectivity index (χ3v) is 6.36. The molecule has 0 bridgehead atoms. The van der Waals surface area contributed by atoms with Crippen LogP contribution < -0.4 is 5.06 Å². The van der Waals surface area contributed by atoms with Gasteiger partial charge in [0.05, 0.1) is 30.2 Å². The number of benzene rings is 1. The monoisotopic (exact) mass is 445 g/mol. The van der Waals surface area contributed by atoms with Gasteiger partial charge in [0, 0.05) is 36.7 Å². The van der Waals surface area contributed by atoms with Crippen molar-refractivity contribution in [1.82, 2.24) is 29.9 Å². The molecule has 2 aromatic heterocycles. The molecular formula is C24H27N7O2. The van der Waals surface area contributed by atoms with Gasteiger partial charge in [-0.2, -0.15) is 15.0 Å². The molecule has 33 heavy (non-hydrogen) atoms. The fourth-order valence-electron chi connectivity index (χ4n) is 4.32. The lowest BCUT2D eigenvalue weighted by atomic mass is 10.1. The predicted molar refractivity (Wildman–Crippen MR) is 121 cm³/mol. The van der Waals surface area contributed by atoms with Gasteiger partial charge >= 0.3 is 0 Å². The molecule has 1 aliphatic heterocycles. The molecule has 6 rings (SSSR count). The summed E-state index contributed by atoms with van der Waals surface area (Å²) in [6.07, 6.45) is 7.77. The lowest BCUT2D eigenvalue weighted by molar-refractivity contribution is 0.0422. The zero-order valence-electron chi connectivity index (χ0n) is 18.7. The Kier molecular flexibility index (Phi) is 5.05. The Bertz CT molecular complexity index is 1130. The molecule has 3 aromatic rings. The van der Waals surface area contributed by atoms with Gasteiger partial charge < -0.3 is 4.90 Å². The quantitative estimate of drug-likeness (QED) is 0.596. The summed E-state index contributed by atoms with van der Waals surface area (Å²) < 4.78 is 0. The lowest BCUT2D eigenvalue weighted by Gasteiger charge is -2.23. The Morgan fingerprint density at radius 1 is 1.00 bits per heavy atom. The smallest absolute Gasteiger partial charge is 0.256 e. The van der Waals surface area contributed by atoms with Gasteiger partial charge in [-0.3, -0.25) is 9.63 Å². The molecule has 3 aliphatic rings. The van der Waals surface area contributed by atoms with E-state index in [2.05, 4.69) is 16.3 Å². The maximum absolute atomic E-state index is 13.5. The number of carbonyl (C=O) groups is 1. The van der Waals surface area contributed by atoms with Gasteiger partial charge in [-0.15, -0.1) is 0 Å². The van der Waals surface area contributed by atoms with E-state index in [9.17, 15) is 4.79 Å². The highest BCUT2D eigenvalue weighted by atomic mass is 16.7. The molecule has 0 N–H and O–H groups in total. The molecule has 0 unspecified atom stereocenters. The van der Waals surface area contributed by atoms with E-state index in [0.29, 0.717) is 42.7 Å². The standard InChI is InChI=1S/C24H27N7O2/c1-16-15-29(24(32)19-4-2-3-5-21(19)31-25-10-11-26-31)12-13-30(33-16)22-14-20(17-6-7-17)27-23(28-22)18-8-9-18/h2-5,10-11,14,16-18H,6-9,12-13,15H2,1H3/t16-/m0/s1. The van der Waals surface area contributed by atoms with Gasteiger partial charge in [0.2, 0.25) is 0 Å². The summed E-state index contributed by atoms with van der Waals surface area (Å²) >= 11 is 0. The highest BCUT2D eigenvalue weighted by molar-refractivity contribution is 5.97. The first-order valence-electron chi connectivity index (χ1n) is 11.7. The van der Waals surface area contributed by atoms with E-state index >= 15 is 0 Å². The maximum Gasteiger partial charge on any atom is 0.256 e. The van der Waals surface area contributed by atoms with Crippen molar-refractivity contribution in [2.75, 3.05) is 24.7 Å². The molecule has 3 fully saturated rings. The van der Waals surface area contributed by atoms with Crippen molar-refractivity contribution in [2.45, 2.75) is 50.5 Å². The first-order valence-corrected chi connectivity index (χ1v) is 11.7. The van der Waals surface area contributed by atoms with Crippen LogP contribution in [0, 0.1) is 0 Å². The van der Waals surface area contributed by atoms with Gasteiger partial charge in [0.15, 0.2) is 5.82 Å². The molecule has 3 heterocycles. The first-order chi connectivity index (χ1) is 16.2. The normalized spacial score (nSPS) is 21.2. The number of anilines is 1. The topological polar surface area (TPSA) is 89.3 Å². The fourth-order valence-corrected chi connectivity index (χ4v) is 4.32. The number of amides is 1. The number of para-hydroxylation sites is 1. The van der Waals surface area contributed by atoms with Crippen LogP contribution in [0.4, 0.5) is 5.82 Å². The Balaban J connectivity index is 1.24. The van der Waals surface area contributed by atoms with Crippen LogP contribution in [0.25, 0.3) is 5.69 Å². The van der Waals surface area contributed by atoms with Crippen LogP contribution in [0.2, 0.25) is 0 Å². The molecular weight excluding hydrogens is 418 g/mol. The first kappa shape index (κ1) is 20.3. The van der Waals surface area contributed by atoms with Gasteiger partial charge in [-0.1, -0.05) is 12.1 Å². The number of carbonyl (C=O) groups excluding carboxylic acids is 1. The second-order valence-electron chi connectivity index (χ2n) is 9.16. The summed E-state index contributed by atoms with van der Waals surface area (Å²) in [5.41, 5.74) is 2.38. The minimum absolute atomic E-state index is 0.0553. The summed E-state index contributed by atoms with van der Waals surface area (Å²) in [7, 11) is 0. The SMILES string of the molecule is C[C@H]1CN(C(=O)c2ccccc2-n2nccn2)CCN(c2cc(C3CC3)nc(C3CC3)n2)O1. The van der Waals surface area contributed by atoms with E-state index in [1.807, 2.05) is 41.2 Å². The molecule has 0 radical (unpaired) electrons. The Morgan fingerprint density at radius 2 is 1.76 bits per heavy atom. The maximum atomic E-state index is 13.5. The van der Waals surface area contributed by atoms with Crippen molar-refractivity contribution in [1.29, 1.82) is 0 Å². The number of hydrogen-bond acceptors (Lipinski definition) is 7. The van der Waals surface area contributed by atoms with Crippen LogP contribution in [0.1, 0.15) is 66.3 Å². The molecule has 0 spiro atoms. The molecule has 9 nitrogen and oxygen atoms in total. The average Bonchev–Trinajstić information content (AvgIpc) is 3.76. The minimum atomic E-state index is -0.171. The van der Waals surface area contributed by atoms with Crippen molar-refractivity contribution >= 4 is 11.7 Å². The van der Waals surface area contributed by atoms with E-state index in [1.54, 1.807) is 12.4 Å². The Morgan fingerprint density at radius 3 is 2.52 bits per heavy atom. The van der Waals surface area contributed by atoms with Gasteiger partial charge in [0.1, 0.15) is 11.9 Å². The fraction of sp³-hybridized carbons (Fsp3) is 0.458. The predicted octanol–water partition coefficient (Wildman–Crippen LogP) is 3.09. The third kappa shape index (κ3) is 4.20.